The number of imide groups is 1. The minimum atomic E-state index is -0.233. The Morgan fingerprint density at radius 3 is 2.69 bits per heavy atom. The van der Waals surface area contributed by atoms with Crippen LogP contribution in [0.1, 0.15) is 49.8 Å². The molecule has 0 bridgehead atoms. The Balaban J connectivity index is 2.01. The molecule has 0 radical (unpaired) electrons. The Labute approximate surface area is 159 Å². The summed E-state index contributed by atoms with van der Waals surface area (Å²) in [6, 6.07) is 4.38. The van der Waals surface area contributed by atoms with Crippen molar-refractivity contribution in [2.75, 3.05) is 18.5 Å². The van der Waals surface area contributed by atoms with Gasteiger partial charge in [-0.15, -0.1) is 6.58 Å². The second-order valence-corrected chi connectivity index (χ2v) is 8.82. The molecule has 0 aliphatic carbocycles. The normalized spacial score (nSPS) is 23.6. The standard InChI is InChI=1S/C21H26N2O2S/c1-7-8-23-19(24)18(26-20(23)25)11-15-10-16-14(3)12-21(4,5)22(6)17(16)9-13(15)2/h7,9-11,14H,1,8,12H2,2-6H3/b18-11-/t14-/m1/s1. The van der Waals surface area contributed by atoms with Crippen molar-refractivity contribution in [3.05, 3.63) is 46.4 Å². The topological polar surface area (TPSA) is 40.6 Å². The zero-order valence-electron chi connectivity index (χ0n) is 16.1. The van der Waals surface area contributed by atoms with E-state index in [4.69, 9.17) is 0 Å². The Morgan fingerprint density at radius 1 is 1.35 bits per heavy atom. The summed E-state index contributed by atoms with van der Waals surface area (Å²) in [5, 5.41) is -0.230. The molecule has 1 saturated heterocycles. The number of nitrogens with zero attached hydrogens (tertiary/aromatic N) is 2. The second kappa shape index (κ2) is 6.62. The van der Waals surface area contributed by atoms with E-state index in [1.165, 1.54) is 16.2 Å². The van der Waals surface area contributed by atoms with Crippen molar-refractivity contribution < 1.29 is 9.59 Å². The van der Waals surface area contributed by atoms with E-state index in [1.54, 1.807) is 6.08 Å². The third kappa shape index (κ3) is 3.09. The molecule has 1 fully saturated rings. The summed E-state index contributed by atoms with van der Waals surface area (Å²) < 4.78 is 0. The van der Waals surface area contributed by atoms with Gasteiger partial charge in [0, 0.05) is 24.8 Å². The van der Waals surface area contributed by atoms with Crippen molar-refractivity contribution in [1.82, 2.24) is 4.90 Å². The van der Waals surface area contributed by atoms with Crippen molar-refractivity contribution in [2.24, 2.45) is 0 Å². The van der Waals surface area contributed by atoms with E-state index >= 15 is 0 Å². The molecule has 138 valence electrons. The number of benzene rings is 1. The number of aryl methyl sites for hydroxylation is 1. The second-order valence-electron chi connectivity index (χ2n) is 7.83. The molecule has 4 nitrogen and oxygen atoms in total. The van der Waals surface area contributed by atoms with Gasteiger partial charge < -0.3 is 4.90 Å². The van der Waals surface area contributed by atoms with Gasteiger partial charge in [0.25, 0.3) is 11.1 Å². The first-order valence-corrected chi connectivity index (χ1v) is 9.72. The van der Waals surface area contributed by atoms with Crippen LogP contribution in [0.25, 0.3) is 6.08 Å². The van der Waals surface area contributed by atoms with E-state index in [0.29, 0.717) is 10.8 Å². The monoisotopic (exact) mass is 370 g/mol. The summed E-state index contributed by atoms with van der Waals surface area (Å²) >= 11 is 1.00. The number of anilines is 1. The number of amides is 2. The maximum Gasteiger partial charge on any atom is 0.293 e. The molecule has 0 spiro atoms. The van der Waals surface area contributed by atoms with Gasteiger partial charge in [0.05, 0.1) is 4.91 Å². The van der Waals surface area contributed by atoms with Crippen LogP contribution in [0.5, 0.6) is 0 Å². The summed E-state index contributed by atoms with van der Waals surface area (Å²) in [5.41, 5.74) is 4.79. The highest BCUT2D eigenvalue weighted by atomic mass is 32.2. The zero-order chi connectivity index (χ0) is 19.2. The molecule has 0 saturated carbocycles. The van der Waals surface area contributed by atoms with Gasteiger partial charge in [-0.2, -0.15) is 0 Å². The lowest BCUT2D eigenvalue weighted by atomic mass is 9.79. The largest absolute Gasteiger partial charge is 0.369 e. The lowest BCUT2D eigenvalue weighted by molar-refractivity contribution is -0.122. The van der Waals surface area contributed by atoms with Crippen LogP contribution in [-0.4, -0.2) is 35.2 Å². The number of hydrogen-bond acceptors (Lipinski definition) is 4. The van der Waals surface area contributed by atoms with Gasteiger partial charge in [0.1, 0.15) is 0 Å². The van der Waals surface area contributed by atoms with E-state index in [-0.39, 0.29) is 23.2 Å². The Morgan fingerprint density at radius 2 is 2.04 bits per heavy atom. The molecule has 2 aliphatic rings. The van der Waals surface area contributed by atoms with Gasteiger partial charge in [-0.3, -0.25) is 14.5 Å². The van der Waals surface area contributed by atoms with Gasteiger partial charge in [-0.25, -0.2) is 0 Å². The van der Waals surface area contributed by atoms with E-state index < -0.39 is 0 Å². The summed E-state index contributed by atoms with van der Waals surface area (Å²) in [5.74, 6) is 0.211. The molecular weight excluding hydrogens is 344 g/mol. The average Bonchev–Trinajstić information content (AvgIpc) is 2.82. The van der Waals surface area contributed by atoms with Crippen LogP contribution in [0.2, 0.25) is 0 Å². The fourth-order valence-electron chi connectivity index (χ4n) is 3.82. The van der Waals surface area contributed by atoms with Gasteiger partial charge in [0.15, 0.2) is 0 Å². The maximum absolute atomic E-state index is 12.5. The molecule has 1 atom stereocenters. The Bertz CT molecular complexity index is 826. The molecule has 3 rings (SSSR count). The highest BCUT2D eigenvalue weighted by molar-refractivity contribution is 8.18. The van der Waals surface area contributed by atoms with Gasteiger partial charge in [-0.1, -0.05) is 13.0 Å². The first-order chi connectivity index (χ1) is 12.2. The van der Waals surface area contributed by atoms with Crippen LogP contribution >= 0.6 is 11.8 Å². The van der Waals surface area contributed by atoms with E-state index in [0.717, 1.165) is 29.3 Å². The summed E-state index contributed by atoms with van der Waals surface area (Å²) in [7, 11) is 2.14. The van der Waals surface area contributed by atoms with Crippen LogP contribution in [-0.2, 0) is 4.79 Å². The number of rotatable bonds is 3. The minimum absolute atomic E-state index is 0.119. The van der Waals surface area contributed by atoms with Crippen molar-refractivity contribution >= 4 is 34.7 Å². The molecule has 2 aliphatic heterocycles. The van der Waals surface area contributed by atoms with Gasteiger partial charge in [-0.05, 0) is 79.8 Å². The smallest absolute Gasteiger partial charge is 0.293 e. The molecule has 1 aromatic rings. The zero-order valence-corrected chi connectivity index (χ0v) is 16.9. The quantitative estimate of drug-likeness (QED) is 0.558. The van der Waals surface area contributed by atoms with Crippen LogP contribution in [0.3, 0.4) is 0 Å². The van der Waals surface area contributed by atoms with Crippen LogP contribution < -0.4 is 4.90 Å². The number of carbonyl (C=O) groups excluding carboxylic acids is 2. The van der Waals surface area contributed by atoms with Crippen molar-refractivity contribution in [1.29, 1.82) is 0 Å². The van der Waals surface area contributed by atoms with Crippen molar-refractivity contribution in [3.8, 4) is 0 Å². The van der Waals surface area contributed by atoms with Crippen molar-refractivity contribution in [2.45, 2.75) is 45.6 Å². The molecular formula is C21H26N2O2S. The molecule has 26 heavy (non-hydrogen) atoms. The average molecular weight is 371 g/mol. The number of fused-ring (bicyclic) bond motifs is 1. The first-order valence-electron chi connectivity index (χ1n) is 8.90. The highest BCUT2D eigenvalue weighted by Crippen LogP contribution is 2.44. The third-order valence-corrected chi connectivity index (χ3v) is 6.40. The molecule has 0 unspecified atom stereocenters. The predicted molar refractivity (Wildman–Crippen MR) is 110 cm³/mol. The Kier molecular flexibility index (Phi) is 4.78. The fraction of sp³-hybridized carbons (Fsp3) is 0.429. The molecule has 0 aromatic heterocycles. The van der Waals surface area contributed by atoms with Crippen LogP contribution in [0.4, 0.5) is 10.5 Å². The van der Waals surface area contributed by atoms with E-state index in [1.807, 2.05) is 6.08 Å². The SMILES string of the molecule is C=CCN1C(=O)S/C(=C\c2cc3c(cc2C)N(C)C(C)(C)C[C@H]3C)C1=O. The van der Waals surface area contributed by atoms with Gasteiger partial charge in [0.2, 0.25) is 0 Å². The number of thioether (sulfide) groups is 1. The fourth-order valence-corrected chi connectivity index (χ4v) is 4.66. The lowest BCUT2D eigenvalue weighted by Crippen LogP contribution is -2.45. The molecule has 0 N–H and O–H groups in total. The third-order valence-electron chi connectivity index (χ3n) is 5.49. The van der Waals surface area contributed by atoms with E-state index in [2.05, 4.69) is 58.4 Å². The summed E-state index contributed by atoms with van der Waals surface area (Å²) in [4.78, 5) is 28.6. The number of hydrogen-bond donors (Lipinski definition) is 0. The first kappa shape index (κ1) is 18.8. The van der Waals surface area contributed by atoms with Gasteiger partial charge >= 0.3 is 0 Å². The maximum atomic E-state index is 12.5. The number of carbonyl (C=O) groups is 2. The lowest BCUT2D eigenvalue weighted by Gasteiger charge is -2.45. The molecule has 5 heteroatoms. The minimum Gasteiger partial charge on any atom is -0.369 e. The Hall–Kier alpha value is -2.01. The summed E-state index contributed by atoms with van der Waals surface area (Å²) in [6.07, 6.45) is 4.51. The molecule has 2 heterocycles. The highest BCUT2D eigenvalue weighted by Gasteiger charge is 2.36. The summed E-state index contributed by atoms with van der Waals surface area (Å²) in [6.45, 7) is 12.7. The molecule has 1 aromatic carbocycles. The van der Waals surface area contributed by atoms with Crippen LogP contribution in [0.15, 0.2) is 29.7 Å². The molecule has 2 amide bonds. The van der Waals surface area contributed by atoms with Crippen LogP contribution in [0, 0.1) is 6.92 Å². The van der Waals surface area contributed by atoms with E-state index in [9.17, 15) is 9.59 Å². The predicted octanol–water partition coefficient (Wildman–Crippen LogP) is 4.94. The van der Waals surface area contributed by atoms with Crippen molar-refractivity contribution in [3.63, 3.8) is 0 Å².